The molecular formula is C12H19N3. The van der Waals surface area contributed by atoms with E-state index < -0.39 is 0 Å². The van der Waals surface area contributed by atoms with Gasteiger partial charge in [0.15, 0.2) is 0 Å². The van der Waals surface area contributed by atoms with Gasteiger partial charge in [-0.25, -0.2) is 4.98 Å². The van der Waals surface area contributed by atoms with Gasteiger partial charge in [0.25, 0.3) is 0 Å². The van der Waals surface area contributed by atoms with Gasteiger partial charge >= 0.3 is 0 Å². The van der Waals surface area contributed by atoms with Gasteiger partial charge in [0, 0.05) is 13.0 Å². The van der Waals surface area contributed by atoms with Gasteiger partial charge in [0.2, 0.25) is 0 Å². The number of hydrogen-bond donors (Lipinski definition) is 1. The molecule has 2 N–H and O–H groups in total. The van der Waals surface area contributed by atoms with Gasteiger partial charge in [-0.3, -0.25) is 0 Å². The molecule has 0 amide bonds. The molecule has 3 nitrogen and oxygen atoms in total. The Morgan fingerprint density at radius 2 is 2.20 bits per heavy atom. The summed E-state index contributed by atoms with van der Waals surface area (Å²) < 4.78 is 2.39. The molecule has 82 valence electrons. The largest absolute Gasteiger partial charge is 0.330 e. The highest BCUT2D eigenvalue weighted by Crippen LogP contribution is 2.45. The fourth-order valence-corrected chi connectivity index (χ4v) is 2.79. The molecule has 0 bridgehead atoms. The van der Waals surface area contributed by atoms with Gasteiger partial charge in [-0.2, -0.15) is 0 Å². The summed E-state index contributed by atoms with van der Waals surface area (Å²) in [6, 6.07) is 0. The number of rotatable bonds is 1. The molecule has 0 radical (unpaired) electrons. The van der Waals surface area contributed by atoms with Crippen LogP contribution in [-0.4, -0.2) is 9.55 Å². The van der Waals surface area contributed by atoms with Crippen molar-refractivity contribution in [1.29, 1.82) is 0 Å². The fraction of sp³-hybridized carbons (Fsp3) is 0.750. The van der Waals surface area contributed by atoms with Crippen molar-refractivity contribution in [2.24, 2.45) is 11.7 Å². The normalized spacial score (nSPS) is 27.5. The Morgan fingerprint density at radius 1 is 1.47 bits per heavy atom. The molecule has 1 atom stereocenters. The Balaban J connectivity index is 2.08. The second kappa shape index (κ2) is 2.85. The van der Waals surface area contributed by atoms with E-state index in [1.165, 1.54) is 23.6 Å². The minimum atomic E-state index is -0.0318. The van der Waals surface area contributed by atoms with Gasteiger partial charge in [0.05, 0.1) is 16.9 Å². The van der Waals surface area contributed by atoms with Crippen molar-refractivity contribution >= 4 is 0 Å². The van der Waals surface area contributed by atoms with Crippen LogP contribution in [0.15, 0.2) is 0 Å². The summed E-state index contributed by atoms with van der Waals surface area (Å²) in [5.74, 6) is 2.04. The SMILES string of the molecule is Cc1nc2n(c1C1(N)CC1)CCC(C)C2. The standard InChI is InChI=1S/C12H19N3/c1-8-3-6-15-10(7-8)14-9(2)11(15)12(13)4-5-12/h8H,3-7,13H2,1-2H3. The van der Waals surface area contributed by atoms with Crippen LogP contribution in [0.2, 0.25) is 0 Å². The molecule has 15 heavy (non-hydrogen) atoms. The topological polar surface area (TPSA) is 43.8 Å². The number of fused-ring (bicyclic) bond motifs is 1. The lowest BCUT2D eigenvalue weighted by Crippen LogP contribution is -2.27. The van der Waals surface area contributed by atoms with Gasteiger partial charge < -0.3 is 10.3 Å². The number of aryl methyl sites for hydroxylation is 1. The minimum Gasteiger partial charge on any atom is -0.330 e. The number of aromatic nitrogens is 2. The Morgan fingerprint density at radius 3 is 2.87 bits per heavy atom. The molecule has 1 aromatic heterocycles. The van der Waals surface area contributed by atoms with E-state index in [4.69, 9.17) is 10.7 Å². The van der Waals surface area contributed by atoms with Crippen molar-refractivity contribution in [2.75, 3.05) is 0 Å². The monoisotopic (exact) mass is 205 g/mol. The van der Waals surface area contributed by atoms with Crippen LogP contribution in [0.25, 0.3) is 0 Å². The maximum Gasteiger partial charge on any atom is 0.109 e. The predicted octanol–water partition coefficient (Wildman–Crippen LogP) is 1.72. The molecule has 0 spiro atoms. The first-order valence-corrected chi connectivity index (χ1v) is 5.95. The first-order chi connectivity index (χ1) is 7.10. The van der Waals surface area contributed by atoms with E-state index in [9.17, 15) is 0 Å². The van der Waals surface area contributed by atoms with Crippen molar-refractivity contribution in [3.63, 3.8) is 0 Å². The summed E-state index contributed by atoms with van der Waals surface area (Å²) in [6.07, 6.45) is 4.66. The number of hydrogen-bond acceptors (Lipinski definition) is 2. The van der Waals surface area contributed by atoms with Gasteiger partial charge in [-0.1, -0.05) is 6.92 Å². The molecule has 0 saturated heterocycles. The first kappa shape index (κ1) is 9.40. The maximum atomic E-state index is 6.31. The van der Waals surface area contributed by atoms with E-state index in [1.807, 2.05) is 0 Å². The molecule has 2 aliphatic rings. The highest BCUT2D eigenvalue weighted by molar-refractivity contribution is 5.30. The number of nitrogens with zero attached hydrogens (tertiary/aromatic N) is 2. The van der Waals surface area contributed by atoms with E-state index in [0.29, 0.717) is 0 Å². The molecule has 1 saturated carbocycles. The second-order valence-electron chi connectivity index (χ2n) is 5.37. The Labute approximate surface area is 90.7 Å². The van der Waals surface area contributed by atoms with Crippen LogP contribution in [0.4, 0.5) is 0 Å². The van der Waals surface area contributed by atoms with Gasteiger partial charge in [0.1, 0.15) is 5.82 Å². The maximum absolute atomic E-state index is 6.31. The molecular weight excluding hydrogens is 186 g/mol. The molecule has 1 aliphatic heterocycles. The lowest BCUT2D eigenvalue weighted by Gasteiger charge is -2.23. The summed E-state index contributed by atoms with van der Waals surface area (Å²) in [5, 5.41) is 0. The summed E-state index contributed by atoms with van der Waals surface area (Å²) in [7, 11) is 0. The molecule has 3 rings (SSSR count). The zero-order chi connectivity index (χ0) is 10.6. The summed E-state index contributed by atoms with van der Waals surface area (Å²) >= 11 is 0. The zero-order valence-corrected chi connectivity index (χ0v) is 9.58. The van der Waals surface area contributed by atoms with E-state index in [1.54, 1.807) is 0 Å². The van der Waals surface area contributed by atoms with Crippen molar-refractivity contribution in [2.45, 2.75) is 51.6 Å². The van der Waals surface area contributed by atoms with Crippen LogP contribution in [-0.2, 0) is 18.5 Å². The van der Waals surface area contributed by atoms with Crippen LogP contribution in [0.5, 0.6) is 0 Å². The molecule has 1 aromatic rings. The van der Waals surface area contributed by atoms with Crippen molar-refractivity contribution in [1.82, 2.24) is 9.55 Å². The summed E-state index contributed by atoms with van der Waals surface area (Å²) in [4.78, 5) is 4.69. The van der Waals surface area contributed by atoms with E-state index in [0.717, 1.165) is 31.7 Å². The van der Waals surface area contributed by atoms with Crippen LogP contribution >= 0.6 is 0 Å². The van der Waals surface area contributed by atoms with E-state index in [2.05, 4.69) is 18.4 Å². The second-order valence-corrected chi connectivity index (χ2v) is 5.37. The van der Waals surface area contributed by atoms with Crippen LogP contribution in [0, 0.1) is 12.8 Å². The van der Waals surface area contributed by atoms with Crippen LogP contribution < -0.4 is 5.73 Å². The van der Waals surface area contributed by atoms with E-state index >= 15 is 0 Å². The highest BCUT2D eigenvalue weighted by atomic mass is 15.1. The Hall–Kier alpha value is -0.830. The lowest BCUT2D eigenvalue weighted by atomic mass is 10.00. The molecule has 1 aliphatic carbocycles. The lowest BCUT2D eigenvalue weighted by molar-refractivity contribution is 0.395. The van der Waals surface area contributed by atoms with Gasteiger partial charge in [-0.05, 0) is 32.1 Å². The molecule has 1 unspecified atom stereocenters. The quantitative estimate of drug-likeness (QED) is 0.758. The van der Waals surface area contributed by atoms with Crippen LogP contribution in [0.1, 0.15) is 43.4 Å². The fourth-order valence-electron chi connectivity index (χ4n) is 2.79. The zero-order valence-electron chi connectivity index (χ0n) is 9.58. The molecule has 0 aromatic carbocycles. The predicted molar refractivity (Wildman–Crippen MR) is 59.5 cm³/mol. The average Bonchev–Trinajstić information content (AvgIpc) is 2.79. The van der Waals surface area contributed by atoms with Crippen molar-refractivity contribution < 1.29 is 0 Å². The summed E-state index contributed by atoms with van der Waals surface area (Å²) in [5.41, 5.74) is 8.77. The number of nitrogens with two attached hydrogens (primary N) is 1. The number of imidazole rings is 1. The molecule has 2 heterocycles. The Bertz CT molecular complexity index is 401. The van der Waals surface area contributed by atoms with Crippen molar-refractivity contribution in [3.05, 3.63) is 17.2 Å². The minimum absolute atomic E-state index is 0.0318. The first-order valence-electron chi connectivity index (χ1n) is 5.95. The van der Waals surface area contributed by atoms with E-state index in [-0.39, 0.29) is 5.54 Å². The van der Waals surface area contributed by atoms with Gasteiger partial charge in [-0.15, -0.1) is 0 Å². The summed E-state index contributed by atoms with van der Waals surface area (Å²) in [6.45, 7) is 5.53. The smallest absolute Gasteiger partial charge is 0.109 e. The third-order valence-electron chi connectivity index (χ3n) is 3.86. The van der Waals surface area contributed by atoms with Crippen molar-refractivity contribution in [3.8, 4) is 0 Å². The highest BCUT2D eigenvalue weighted by Gasteiger charge is 2.45. The third-order valence-corrected chi connectivity index (χ3v) is 3.86. The third kappa shape index (κ3) is 1.33. The Kier molecular flexibility index (Phi) is 1.78. The molecule has 1 fully saturated rings. The molecule has 3 heteroatoms. The van der Waals surface area contributed by atoms with Crippen LogP contribution in [0.3, 0.4) is 0 Å². The average molecular weight is 205 g/mol.